The number of alkyl halides is 3. The monoisotopic (exact) mass is 277 g/mol. The van der Waals surface area contributed by atoms with Gasteiger partial charge in [-0.1, -0.05) is 13.8 Å². The molecular weight excluding hydrogens is 259 g/mol. The predicted octanol–water partition coefficient (Wildman–Crippen LogP) is 3.11. The van der Waals surface area contributed by atoms with Gasteiger partial charge in [0, 0.05) is 18.3 Å². The molecule has 0 aromatic carbocycles. The zero-order valence-corrected chi connectivity index (χ0v) is 11.2. The van der Waals surface area contributed by atoms with Gasteiger partial charge in [0.25, 0.3) is 0 Å². The van der Waals surface area contributed by atoms with Crippen LogP contribution in [0.15, 0.2) is 6.07 Å². The van der Waals surface area contributed by atoms with E-state index in [1.807, 2.05) is 20.8 Å². The van der Waals surface area contributed by atoms with Crippen LogP contribution in [0, 0.1) is 0 Å². The Morgan fingerprint density at radius 3 is 2.53 bits per heavy atom. The second-order valence-corrected chi connectivity index (χ2v) is 4.39. The molecule has 108 valence electrons. The molecule has 0 aliphatic rings. The molecule has 0 radical (unpaired) electrons. The summed E-state index contributed by atoms with van der Waals surface area (Å²) < 4.78 is 40.5. The average Bonchev–Trinajstić information content (AvgIpc) is 2.27. The fraction of sp³-hybridized carbons (Fsp3) is 0.667. The molecular formula is C12H18F3N3O. The Labute approximate surface area is 110 Å². The quantitative estimate of drug-likeness (QED) is 0.868. The largest absolute Gasteiger partial charge is 0.411 e. The minimum absolute atomic E-state index is 0.168. The predicted molar refractivity (Wildman–Crippen MR) is 66.0 cm³/mol. The third-order valence-electron chi connectivity index (χ3n) is 2.24. The summed E-state index contributed by atoms with van der Waals surface area (Å²) in [7, 11) is 0. The molecule has 0 amide bonds. The van der Waals surface area contributed by atoms with Gasteiger partial charge in [0.1, 0.15) is 19.0 Å². The van der Waals surface area contributed by atoms with E-state index in [0.717, 1.165) is 5.69 Å². The van der Waals surface area contributed by atoms with Gasteiger partial charge in [0.2, 0.25) is 0 Å². The van der Waals surface area contributed by atoms with Crippen molar-refractivity contribution in [3.8, 4) is 0 Å². The molecule has 1 heterocycles. The molecule has 1 aromatic heterocycles. The highest BCUT2D eigenvalue weighted by molar-refractivity contribution is 5.36. The van der Waals surface area contributed by atoms with Gasteiger partial charge < -0.3 is 10.1 Å². The van der Waals surface area contributed by atoms with Gasteiger partial charge >= 0.3 is 6.18 Å². The minimum atomic E-state index is -4.33. The van der Waals surface area contributed by atoms with Gasteiger partial charge in [-0.2, -0.15) is 13.2 Å². The van der Waals surface area contributed by atoms with Crippen LogP contribution in [0.5, 0.6) is 0 Å². The van der Waals surface area contributed by atoms with Crippen molar-refractivity contribution in [2.24, 2.45) is 0 Å². The maximum Gasteiger partial charge on any atom is 0.411 e. The molecule has 7 heteroatoms. The van der Waals surface area contributed by atoms with E-state index >= 15 is 0 Å². The van der Waals surface area contributed by atoms with Crippen LogP contribution in [0.4, 0.5) is 19.0 Å². The molecule has 0 saturated carbocycles. The topological polar surface area (TPSA) is 47.0 Å². The van der Waals surface area contributed by atoms with Crippen molar-refractivity contribution in [3.63, 3.8) is 0 Å². The standard InChI is InChI=1S/C12H18F3N3O/c1-4-16-10-5-9(8(2)3)17-11(18-10)6-19-7-12(13,14)15/h5,8H,4,6-7H2,1-3H3,(H,16,17,18). The van der Waals surface area contributed by atoms with Crippen LogP contribution in [-0.2, 0) is 11.3 Å². The third-order valence-corrected chi connectivity index (χ3v) is 2.24. The van der Waals surface area contributed by atoms with E-state index in [2.05, 4.69) is 20.0 Å². The summed E-state index contributed by atoms with van der Waals surface area (Å²) in [6.07, 6.45) is -4.33. The maximum absolute atomic E-state index is 12.0. The van der Waals surface area contributed by atoms with Crippen LogP contribution < -0.4 is 5.32 Å². The lowest BCUT2D eigenvalue weighted by Gasteiger charge is -2.12. The van der Waals surface area contributed by atoms with Gasteiger partial charge in [-0.05, 0) is 12.8 Å². The van der Waals surface area contributed by atoms with Crippen LogP contribution in [0.2, 0.25) is 0 Å². The van der Waals surface area contributed by atoms with Crippen LogP contribution in [0.25, 0.3) is 0 Å². The first kappa shape index (κ1) is 15.7. The summed E-state index contributed by atoms with van der Waals surface area (Å²) in [6.45, 7) is 4.96. The number of aromatic nitrogens is 2. The number of nitrogens with one attached hydrogen (secondary N) is 1. The summed E-state index contributed by atoms with van der Waals surface area (Å²) in [4.78, 5) is 8.30. The Hall–Kier alpha value is -1.37. The number of halogens is 3. The van der Waals surface area contributed by atoms with E-state index in [1.54, 1.807) is 6.07 Å². The number of hydrogen-bond donors (Lipinski definition) is 1. The molecule has 0 atom stereocenters. The Morgan fingerprint density at radius 2 is 2.00 bits per heavy atom. The summed E-state index contributed by atoms with van der Waals surface area (Å²) >= 11 is 0. The van der Waals surface area contributed by atoms with Crippen molar-refractivity contribution in [1.82, 2.24) is 9.97 Å². The lowest BCUT2D eigenvalue weighted by Crippen LogP contribution is -2.17. The molecule has 0 aliphatic heterocycles. The summed E-state index contributed by atoms with van der Waals surface area (Å²) in [5.74, 6) is 1.03. The lowest BCUT2D eigenvalue weighted by atomic mass is 10.1. The van der Waals surface area contributed by atoms with Gasteiger partial charge in [-0.3, -0.25) is 0 Å². The number of hydrogen-bond acceptors (Lipinski definition) is 4. The molecule has 19 heavy (non-hydrogen) atoms. The first-order valence-electron chi connectivity index (χ1n) is 6.08. The Kier molecular flexibility index (Phi) is 5.53. The maximum atomic E-state index is 12.0. The Bertz CT molecular complexity index is 408. The van der Waals surface area contributed by atoms with Crippen LogP contribution >= 0.6 is 0 Å². The summed E-state index contributed by atoms with van der Waals surface area (Å²) in [6, 6.07) is 1.79. The van der Waals surface area contributed by atoms with E-state index < -0.39 is 12.8 Å². The average molecular weight is 277 g/mol. The van der Waals surface area contributed by atoms with Gasteiger partial charge in [0.05, 0.1) is 0 Å². The Morgan fingerprint density at radius 1 is 1.32 bits per heavy atom. The zero-order chi connectivity index (χ0) is 14.5. The zero-order valence-electron chi connectivity index (χ0n) is 11.2. The smallest absolute Gasteiger partial charge is 0.370 e. The minimum Gasteiger partial charge on any atom is -0.370 e. The van der Waals surface area contributed by atoms with Crippen LogP contribution in [0.3, 0.4) is 0 Å². The highest BCUT2D eigenvalue weighted by Gasteiger charge is 2.27. The number of anilines is 1. The molecule has 1 aromatic rings. The SMILES string of the molecule is CCNc1cc(C(C)C)nc(COCC(F)(F)F)n1. The molecule has 0 bridgehead atoms. The van der Waals surface area contributed by atoms with E-state index in [4.69, 9.17) is 0 Å². The normalized spacial score (nSPS) is 11.9. The van der Waals surface area contributed by atoms with Crippen molar-refractivity contribution in [2.75, 3.05) is 18.5 Å². The molecule has 1 N–H and O–H groups in total. The summed E-state index contributed by atoms with van der Waals surface area (Å²) in [5.41, 5.74) is 0.775. The third kappa shape index (κ3) is 5.87. The fourth-order valence-electron chi connectivity index (χ4n) is 1.41. The summed E-state index contributed by atoms with van der Waals surface area (Å²) in [5, 5.41) is 3.02. The van der Waals surface area contributed by atoms with E-state index in [1.165, 1.54) is 0 Å². The van der Waals surface area contributed by atoms with Gasteiger partial charge in [-0.25, -0.2) is 9.97 Å². The van der Waals surface area contributed by atoms with Crippen molar-refractivity contribution < 1.29 is 17.9 Å². The second-order valence-electron chi connectivity index (χ2n) is 4.39. The molecule has 0 fully saturated rings. The van der Waals surface area contributed by atoms with Gasteiger partial charge in [0.15, 0.2) is 5.82 Å². The second kappa shape index (κ2) is 6.70. The van der Waals surface area contributed by atoms with Crippen molar-refractivity contribution in [3.05, 3.63) is 17.6 Å². The highest BCUT2D eigenvalue weighted by Crippen LogP contribution is 2.18. The van der Waals surface area contributed by atoms with Crippen LogP contribution in [-0.4, -0.2) is 29.3 Å². The van der Waals surface area contributed by atoms with E-state index in [-0.39, 0.29) is 18.3 Å². The Balaban J connectivity index is 2.75. The number of ether oxygens (including phenoxy) is 1. The van der Waals surface area contributed by atoms with Crippen molar-refractivity contribution in [1.29, 1.82) is 0 Å². The first-order valence-corrected chi connectivity index (χ1v) is 6.08. The van der Waals surface area contributed by atoms with Crippen LogP contribution in [0.1, 0.15) is 38.2 Å². The van der Waals surface area contributed by atoms with Gasteiger partial charge in [-0.15, -0.1) is 0 Å². The highest BCUT2D eigenvalue weighted by atomic mass is 19.4. The molecule has 0 spiro atoms. The van der Waals surface area contributed by atoms with E-state index in [9.17, 15) is 13.2 Å². The molecule has 0 saturated heterocycles. The molecule has 0 aliphatic carbocycles. The lowest BCUT2D eigenvalue weighted by molar-refractivity contribution is -0.177. The molecule has 1 rings (SSSR count). The number of nitrogens with zero attached hydrogens (tertiary/aromatic N) is 2. The molecule has 4 nitrogen and oxygen atoms in total. The fourth-order valence-corrected chi connectivity index (χ4v) is 1.41. The van der Waals surface area contributed by atoms with E-state index in [0.29, 0.717) is 12.4 Å². The van der Waals surface area contributed by atoms with Crippen molar-refractivity contribution >= 4 is 5.82 Å². The first-order chi connectivity index (χ1) is 8.81. The van der Waals surface area contributed by atoms with Crippen molar-refractivity contribution in [2.45, 2.75) is 39.5 Å². The number of rotatable bonds is 6. The molecule has 0 unspecified atom stereocenters.